The maximum absolute atomic E-state index is 12.0. The summed E-state index contributed by atoms with van der Waals surface area (Å²) in [5.74, 6) is 3.36. The lowest BCUT2D eigenvalue weighted by atomic mass is 10.2. The Morgan fingerprint density at radius 2 is 2.28 bits per heavy atom. The molecule has 3 N–H and O–H groups in total. The van der Waals surface area contributed by atoms with Gasteiger partial charge in [-0.15, -0.1) is 0 Å². The van der Waals surface area contributed by atoms with Gasteiger partial charge < -0.3 is 11.1 Å². The fraction of sp³-hybridized carbons (Fsp3) is 0.417. The molecule has 0 aromatic heterocycles. The lowest BCUT2D eigenvalue weighted by molar-refractivity contribution is 0.0954. The maximum Gasteiger partial charge on any atom is 0.251 e. The van der Waals surface area contributed by atoms with Gasteiger partial charge in [0.15, 0.2) is 0 Å². The molecule has 0 spiro atoms. The highest BCUT2D eigenvalue weighted by atomic mass is 35.5. The van der Waals surface area contributed by atoms with Crippen LogP contribution in [0.15, 0.2) is 18.2 Å². The number of hydrogen-bond acceptors (Lipinski definition) is 4. The molecular weight excluding hydrogens is 288 g/mol. The van der Waals surface area contributed by atoms with E-state index in [9.17, 15) is 4.79 Å². The second-order valence-corrected chi connectivity index (χ2v) is 7.05. The first-order valence-corrected chi connectivity index (χ1v) is 8.27. The van der Waals surface area contributed by atoms with Crippen LogP contribution >= 0.6 is 35.1 Å². The average molecular weight is 303 g/mol. The molecular formula is C12H15ClN2OS2. The molecule has 0 bridgehead atoms. The van der Waals surface area contributed by atoms with Crippen LogP contribution in [0.1, 0.15) is 10.4 Å². The normalized spacial score (nSPS) is 19.5. The minimum absolute atomic E-state index is 0.111. The maximum atomic E-state index is 12.0. The van der Waals surface area contributed by atoms with E-state index in [1.54, 1.807) is 18.2 Å². The highest BCUT2D eigenvalue weighted by molar-refractivity contribution is 8.06. The summed E-state index contributed by atoms with van der Waals surface area (Å²) in [7, 11) is 0. The third kappa shape index (κ3) is 4.00. The molecule has 0 radical (unpaired) electrons. The fourth-order valence-electron chi connectivity index (χ4n) is 1.71. The molecule has 1 saturated heterocycles. The molecule has 1 amide bonds. The Morgan fingerprint density at radius 3 is 2.94 bits per heavy atom. The Hall–Kier alpha value is -0.520. The summed E-state index contributed by atoms with van der Waals surface area (Å²) >= 11 is 9.74. The van der Waals surface area contributed by atoms with Crippen LogP contribution in [0.25, 0.3) is 0 Å². The van der Waals surface area contributed by atoms with Crippen LogP contribution in [0.4, 0.5) is 5.69 Å². The number of anilines is 1. The number of carbonyl (C=O) groups is 1. The van der Waals surface area contributed by atoms with Crippen molar-refractivity contribution in [3.05, 3.63) is 28.8 Å². The molecule has 1 fully saturated rings. The molecule has 3 nitrogen and oxygen atoms in total. The van der Waals surface area contributed by atoms with Crippen LogP contribution in [0.2, 0.25) is 5.02 Å². The quantitative estimate of drug-likeness (QED) is 0.842. The molecule has 0 aliphatic carbocycles. The first-order chi connectivity index (χ1) is 8.65. The van der Waals surface area contributed by atoms with Crippen molar-refractivity contribution in [2.45, 2.75) is 5.25 Å². The number of hydrogen-bond donors (Lipinski definition) is 2. The standard InChI is InChI=1S/C12H15ClN2OS2/c13-9-3-8(4-10(14)5-9)12(16)15-6-11-7-17-1-2-18-11/h3-5,11H,1-2,6-7,14H2,(H,15,16). The second-order valence-electron chi connectivity index (χ2n) is 4.05. The minimum Gasteiger partial charge on any atom is -0.399 e. The lowest BCUT2D eigenvalue weighted by Crippen LogP contribution is -2.33. The summed E-state index contributed by atoms with van der Waals surface area (Å²) in [4.78, 5) is 12.0. The smallest absolute Gasteiger partial charge is 0.251 e. The van der Waals surface area contributed by atoms with Gasteiger partial charge >= 0.3 is 0 Å². The molecule has 2 rings (SSSR count). The molecule has 1 aromatic rings. The Morgan fingerprint density at radius 1 is 1.44 bits per heavy atom. The van der Waals surface area contributed by atoms with Gasteiger partial charge in [-0.2, -0.15) is 23.5 Å². The van der Waals surface area contributed by atoms with Crippen LogP contribution in [0.5, 0.6) is 0 Å². The lowest BCUT2D eigenvalue weighted by Gasteiger charge is -2.21. The van der Waals surface area contributed by atoms with Gasteiger partial charge in [0.1, 0.15) is 0 Å². The van der Waals surface area contributed by atoms with Gasteiger partial charge in [0.2, 0.25) is 0 Å². The van der Waals surface area contributed by atoms with Crippen molar-refractivity contribution in [3.63, 3.8) is 0 Å². The number of carbonyl (C=O) groups excluding carboxylic acids is 1. The van der Waals surface area contributed by atoms with E-state index in [1.807, 2.05) is 23.5 Å². The van der Waals surface area contributed by atoms with E-state index in [0.717, 1.165) is 11.5 Å². The Balaban J connectivity index is 1.90. The number of amides is 1. The third-order valence-corrected chi connectivity index (χ3v) is 5.62. The topological polar surface area (TPSA) is 55.1 Å². The summed E-state index contributed by atoms with van der Waals surface area (Å²) in [5.41, 5.74) is 6.70. The zero-order chi connectivity index (χ0) is 13.0. The highest BCUT2D eigenvalue weighted by Crippen LogP contribution is 2.23. The monoisotopic (exact) mass is 302 g/mol. The summed E-state index contributed by atoms with van der Waals surface area (Å²) < 4.78 is 0. The SMILES string of the molecule is Nc1cc(Cl)cc(C(=O)NCC2CSCCS2)c1. The minimum atomic E-state index is -0.111. The van der Waals surface area contributed by atoms with Gasteiger partial charge in [-0.05, 0) is 18.2 Å². The van der Waals surface area contributed by atoms with Crippen LogP contribution in [-0.4, -0.2) is 35.0 Å². The number of nitrogens with two attached hydrogens (primary N) is 1. The Labute approximate surface area is 120 Å². The van der Waals surface area contributed by atoms with Crippen LogP contribution in [-0.2, 0) is 0 Å². The van der Waals surface area contributed by atoms with Crippen molar-refractivity contribution in [3.8, 4) is 0 Å². The van der Waals surface area contributed by atoms with E-state index < -0.39 is 0 Å². The predicted octanol–water partition coefficient (Wildman–Crippen LogP) is 2.50. The Kier molecular flexibility index (Phi) is 5.09. The van der Waals surface area contributed by atoms with E-state index in [4.69, 9.17) is 17.3 Å². The summed E-state index contributed by atoms with van der Waals surface area (Å²) in [6.45, 7) is 0.697. The first kappa shape index (κ1) is 13.9. The summed E-state index contributed by atoms with van der Waals surface area (Å²) in [6, 6.07) is 4.91. The van der Waals surface area contributed by atoms with Gasteiger partial charge in [0.05, 0.1) is 0 Å². The van der Waals surface area contributed by atoms with E-state index in [-0.39, 0.29) is 5.91 Å². The van der Waals surface area contributed by atoms with E-state index >= 15 is 0 Å². The first-order valence-electron chi connectivity index (χ1n) is 5.69. The van der Waals surface area contributed by atoms with Crippen molar-refractivity contribution in [1.29, 1.82) is 0 Å². The zero-order valence-corrected chi connectivity index (χ0v) is 12.2. The van der Waals surface area contributed by atoms with E-state index in [2.05, 4.69) is 5.32 Å². The van der Waals surface area contributed by atoms with Crippen molar-refractivity contribution < 1.29 is 4.79 Å². The fourth-order valence-corrected chi connectivity index (χ4v) is 4.56. The summed E-state index contributed by atoms with van der Waals surface area (Å²) in [6.07, 6.45) is 0. The molecule has 0 saturated carbocycles. The number of nitrogens with one attached hydrogen (secondary N) is 1. The number of benzene rings is 1. The van der Waals surface area contributed by atoms with Crippen LogP contribution in [0, 0.1) is 0 Å². The van der Waals surface area contributed by atoms with Gasteiger partial charge in [-0.3, -0.25) is 4.79 Å². The number of rotatable bonds is 3. The molecule has 1 aliphatic heterocycles. The predicted molar refractivity (Wildman–Crippen MR) is 81.8 cm³/mol. The van der Waals surface area contributed by atoms with Gasteiger partial charge in [0, 0.05) is 45.3 Å². The van der Waals surface area contributed by atoms with Crippen LogP contribution in [0.3, 0.4) is 0 Å². The average Bonchev–Trinajstić information content (AvgIpc) is 2.36. The van der Waals surface area contributed by atoms with Gasteiger partial charge in [-0.1, -0.05) is 11.6 Å². The zero-order valence-electron chi connectivity index (χ0n) is 9.82. The van der Waals surface area contributed by atoms with E-state index in [0.29, 0.717) is 28.1 Å². The Bertz CT molecular complexity index is 416. The molecule has 1 aromatic carbocycles. The largest absolute Gasteiger partial charge is 0.399 e. The molecule has 18 heavy (non-hydrogen) atoms. The van der Waals surface area contributed by atoms with Crippen molar-refractivity contribution in [1.82, 2.24) is 5.32 Å². The van der Waals surface area contributed by atoms with Crippen molar-refractivity contribution in [2.24, 2.45) is 0 Å². The summed E-state index contributed by atoms with van der Waals surface area (Å²) in [5, 5.41) is 3.93. The molecule has 98 valence electrons. The number of halogens is 1. The van der Waals surface area contributed by atoms with E-state index in [1.165, 1.54) is 5.75 Å². The molecule has 1 aliphatic rings. The second kappa shape index (κ2) is 6.59. The number of thioether (sulfide) groups is 2. The van der Waals surface area contributed by atoms with Crippen molar-refractivity contribution >= 4 is 46.7 Å². The van der Waals surface area contributed by atoms with Gasteiger partial charge in [-0.25, -0.2) is 0 Å². The molecule has 1 heterocycles. The van der Waals surface area contributed by atoms with Crippen molar-refractivity contribution in [2.75, 3.05) is 29.5 Å². The molecule has 6 heteroatoms. The highest BCUT2D eigenvalue weighted by Gasteiger charge is 2.16. The van der Waals surface area contributed by atoms with Crippen LogP contribution < -0.4 is 11.1 Å². The molecule has 1 unspecified atom stereocenters. The number of nitrogen functional groups attached to an aromatic ring is 1. The third-order valence-electron chi connectivity index (χ3n) is 2.56. The molecule has 1 atom stereocenters. The van der Waals surface area contributed by atoms with Gasteiger partial charge in [0.25, 0.3) is 5.91 Å².